The zero-order valence-electron chi connectivity index (χ0n) is 12.0. The van der Waals surface area contributed by atoms with E-state index in [-0.39, 0.29) is 10.2 Å². The van der Waals surface area contributed by atoms with E-state index in [1.165, 1.54) is 11.3 Å². The van der Waals surface area contributed by atoms with Gasteiger partial charge in [-0.1, -0.05) is 6.92 Å². The standard InChI is InChI=1S/C12H17N5O2S2/c1-4-13-7-10-5-6-11(20-10)21(18,19)17-12-14-8(2)9(3)15-16-12/h5-6,13H,4,7H2,1-3H3,(H,14,16,17). The van der Waals surface area contributed by atoms with Crippen molar-refractivity contribution in [3.63, 3.8) is 0 Å². The Morgan fingerprint density at radius 2 is 1.95 bits per heavy atom. The number of hydrogen-bond acceptors (Lipinski definition) is 7. The fraction of sp³-hybridized carbons (Fsp3) is 0.417. The van der Waals surface area contributed by atoms with Crippen molar-refractivity contribution in [2.45, 2.75) is 31.5 Å². The summed E-state index contributed by atoms with van der Waals surface area (Å²) in [6, 6.07) is 3.37. The minimum absolute atomic E-state index is 0.0141. The Kier molecular flexibility index (Phi) is 4.86. The molecule has 0 saturated heterocycles. The molecule has 0 radical (unpaired) electrons. The largest absolute Gasteiger partial charge is 0.312 e. The summed E-state index contributed by atoms with van der Waals surface area (Å²) in [6.07, 6.45) is 0. The average Bonchev–Trinajstić information content (AvgIpc) is 2.90. The van der Waals surface area contributed by atoms with Crippen LogP contribution in [0.4, 0.5) is 5.95 Å². The van der Waals surface area contributed by atoms with Gasteiger partial charge in [-0.2, -0.15) is 5.10 Å². The molecule has 114 valence electrons. The number of sulfonamides is 1. The van der Waals surface area contributed by atoms with E-state index in [1.54, 1.807) is 26.0 Å². The van der Waals surface area contributed by atoms with Crippen molar-refractivity contribution >= 4 is 27.3 Å². The van der Waals surface area contributed by atoms with Crippen molar-refractivity contribution in [1.82, 2.24) is 20.5 Å². The van der Waals surface area contributed by atoms with Gasteiger partial charge in [-0.05, 0) is 32.5 Å². The van der Waals surface area contributed by atoms with E-state index in [0.29, 0.717) is 17.9 Å². The zero-order valence-corrected chi connectivity index (χ0v) is 13.7. The first-order chi connectivity index (χ1) is 9.92. The van der Waals surface area contributed by atoms with Gasteiger partial charge >= 0.3 is 0 Å². The summed E-state index contributed by atoms with van der Waals surface area (Å²) >= 11 is 1.22. The van der Waals surface area contributed by atoms with Crippen molar-refractivity contribution in [1.29, 1.82) is 0 Å². The van der Waals surface area contributed by atoms with Crippen LogP contribution in [0.15, 0.2) is 16.3 Å². The highest BCUT2D eigenvalue weighted by Crippen LogP contribution is 2.23. The maximum atomic E-state index is 12.3. The van der Waals surface area contributed by atoms with E-state index in [1.807, 2.05) is 6.92 Å². The predicted octanol–water partition coefficient (Wildman–Crippen LogP) is 1.46. The highest BCUT2D eigenvalue weighted by Gasteiger charge is 2.18. The van der Waals surface area contributed by atoms with Crippen LogP contribution < -0.4 is 10.0 Å². The second kappa shape index (κ2) is 6.46. The third-order valence-electron chi connectivity index (χ3n) is 2.77. The number of hydrogen-bond donors (Lipinski definition) is 2. The van der Waals surface area contributed by atoms with E-state index in [0.717, 1.165) is 11.4 Å². The van der Waals surface area contributed by atoms with E-state index in [4.69, 9.17) is 0 Å². The minimum Gasteiger partial charge on any atom is -0.312 e. The van der Waals surface area contributed by atoms with E-state index in [2.05, 4.69) is 25.2 Å². The molecule has 0 aliphatic rings. The summed E-state index contributed by atoms with van der Waals surface area (Å²) in [5, 5.41) is 10.8. The summed E-state index contributed by atoms with van der Waals surface area (Å²) < 4.78 is 27.1. The van der Waals surface area contributed by atoms with Gasteiger partial charge in [0.1, 0.15) is 4.21 Å². The van der Waals surface area contributed by atoms with Gasteiger partial charge in [0.25, 0.3) is 16.0 Å². The average molecular weight is 327 g/mol. The van der Waals surface area contributed by atoms with E-state index < -0.39 is 10.0 Å². The van der Waals surface area contributed by atoms with Crippen LogP contribution in [-0.2, 0) is 16.6 Å². The fourth-order valence-electron chi connectivity index (χ4n) is 1.52. The molecule has 0 fully saturated rings. The second-order valence-corrected chi connectivity index (χ2v) is 7.49. The molecule has 21 heavy (non-hydrogen) atoms. The van der Waals surface area contributed by atoms with Crippen LogP contribution in [0.2, 0.25) is 0 Å². The molecule has 2 heterocycles. The molecule has 0 unspecified atom stereocenters. The van der Waals surface area contributed by atoms with Crippen LogP contribution in [0, 0.1) is 13.8 Å². The highest BCUT2D eigenvalue weighted by atomic mass is 32.2. The quantitative estimate of drug-likeness (QED) is 0.834. The number of anilines is 1. The lowest BCUT2D eigenvalue weighted by Crippen LogP contribution is -2.15. The lowest BCUT2D eigenvalue weighted by atomic mass is 10.4. The van der Waals surface area contributed by atoms with Crippen LogP contribution in [0.3, 0.4) is 0 Å². The monoisotopic (exact) mass is 327 g/mol. The van der Waals surface area contributed by atoms with Gasteiger partial charge < -0.3 is 5.32 Å². The van der Waals surface area contributed by atoms with Crippen molar-refractivity contribution in [3.05, 3.63) is 28.4 Å². The molecule has 0 spiro atoms. The molecular weight excluding hydrogens is 310 g/mol. The molecule has 0 amide bonds. The Balaban J connectivity index is 2.17. The minimum atomic E-state index is -3.67. The lowest BCUT2D eigenvalue weighted by Gasteiger charge is -2.05. The molecule has 9 heteroatoms. The molecule has 7 nitrogen and oxygen atoms in total. The molecule has 0 atom stereocenters. The number of aryl methyl sites for hydroxylation is 2. The Bertz CT molecular complexity index is 727. The van der Waals surface area contributed by atoms with E-state index >= 15 is 0 Å². The molecule has 2 aromatic heterocycles. The first-order valence-electron chi connectivity index (χ1n) is 6.42. The molecule has 2 rings (SSSR count). The molecule has 0 aliphatic heterocycles. The van der Waals surface area contributed by atoms with Crippen LogP contribution in [0.5, 0.6) is 0 Å². The Hall–Kier alpha value is -1.58. The van der Waals surface area contributed by atoms with Crippen molar-refractivity contribution < 1.29 is 8.42 Å². The van der Waals surface area contributed by atoms with Gasteiger partial charge in [-0.3, -0.25) is 0 Å². The van der Waals surface area contributed by atoms with Crippen LogP contribution >= 0.6 is 11.3 Å². The number of rotatable bonds is 6. The molecule has 2 N–H and O–H groups in total. The molecule has 2 aromatic rings. The van der Waals surface area contributed by atoms with Gasteiger partial charge in [-0.25, -0.2) is 18.1 Å². The predicted molar refractivity (Wildman–Crippen MR) is 81.8 cm³/mol. The summed E-state index contributed by atoms with van der Waals surface area (Å²) in [7, 11) is -3.67. The van der Waals surface area contributed by atoms with Gasteiger partial charge in [-0.15, -0.1) is 16.4 Å². The Labute approximate surface area is 127 Å². The summed E-state index contributed by atoms with van der Waals surface area (Å²) in [6.45, 7) is 7.00. The maximum absolute atomic E-state index is 12.3. The molecule has 0 bridgehead atoms. The van der Waals surface area contributed by atoms with Crippen molar-refractivity contribution in [2.24, 2.45) is 0 Å². The van der Waals surface area contributed by atoms with Crippen LogP contribution in [-0.4, -0.2) is 30.1 Å². The third kappa shape index (κ3) is 3.96. The number of thiophene rings is 1. The van der Waals surface area contributed by atoms with Crippen molar-refractivity contribution in [3.8, 4) is 0 Å². The number of aromatic nitrogens is 3. The SMILES string of the molecule is CCNCc1ccc(S(=O)(=O)Nc2nnc(C)c(C)n2)s1. The molecule has 0 saturated carbocycles. The van der Waals surface area contributed by atoms with Crippen LogP contribution in [0.25, 0.3) is 0 Å². The van der Waals surface area contributed by atoms with Gasteiger partial charge in [0.15, 0.2) is 0 Å². The Morgan fingerprint density at radius 1 is 1.19 bits per heavy atom. The number of nitrogens with one attached hydrogen (secondary N) is 2. The topological polar surface area (TPSA) is 96.9 Å². The number of nitrogens with zero attached hydrogens (tertiary/aromatic N) is 3. The van der Waals surface area contributed by atoms with Crippen LogP contribution in [0.1, 0.15) is 23.2 Å². The highest BCUT2D eigenvalue weighted by molar-refractivity contribution is 7.94. The van der Waals surface area contributed by atoms with Gasteiger partial charge in [0, 0.05) is 11.4 Å². The maximum Gasteiger partial charge on any atom is 0.273 e. The third-order valence-corrected chi connectivity index (χ3v) is 5.67. The second-order valence-electron chi connectivity index (χ2n) is 4.41. The van der Waals surface area contributed by atoms with Gasteiger partial charge in [0.2, 0.25) is 0 Å². The van der Waals surface area contributed by atoms with Crippen molar-refractivity contribution in [2.75, 3.05) is 11.3 Å². The molecular formula is C12H17N5O2S2. The zero-order chi connectivity index (χ0) is 15.5. The normalized spacial score (nSPS) is 11.6. The lowest BCUT2D eigenvalue weighted by molar-refractivity contribution is 0.602. The fourth-order valence-corrected chi connectivity index (χ4v) is 3.78. The molecule has 0 aliphatic carbocycles. The smallest absolute Gasteiger partial charge is 0.273 e. The van der Waals surface area contributed by atoms with Gasteiger partial charge in [0.05, 0.1) is 11.4 Å². The molecule has 0 aromatic carbocycles. The summed E-state index contributed by atoms with van der Waals surface area (Å²) in [4.78, 5) is 5.02. The van der Waals surface area contributed by atoms with E-state index in [9.17, 15) is 8.42 Å². The Morgan fingerprint density at radius 3 is 2.62 bits per heavy atom. The first kappa shape index (κ1) is 15.8. The summed E-state index contributed by atoms with van der Waals surface area (Å²) in [5.41, 5.74) is 1.31. The summed E-state index contributed by atoms with van der Waals surface area (Å²) in [5.74, 6) is -0.0141. The first-order valence-corrected chi connectivity index (χ1v) is 8.72.